The highest BCUT2D eigenvalue weighted by molar-refractivity contribution is 9.09. The lowest BCUT2D eigenvalue weighted by molar-refractivity contribution is 0.246. The fraction of sp³-hybridized carbons (Fsp3) is 0.455. The summed E-state index contributed by atoms with van der Waals surface area (Å²) in [6.45, 7) is 6.21. The number of halogens is 1. The molecule has 1 aromatic carbocycles. The molecule has 1 aromatic rings. The summed E-state index contributed by atoms with van der Waals surface area (Å²) in [6, 6.07) is 6.24. The lowest BCUT2D eigenvalue weighted by atomic mass is 10.1. The fourth-order valence-electron chi connectivity index (χ4n) is 1.18. The van der Waals surface area contributed by atoms with Crippen molar-refractivity contribution in [3.8, 4) is 5.75 Å². The van der Waals surface area contributed by atoms with Crippen molar-refractivity contribution < 1.29 is 4.74 Å². The van der Waals surface area contributed by atoms with Crippen LogP contribution in [0.2, 0.25) is 0 Å². The number of benzene rings is 1. The van der Waals surface area contributed by atoms with Crippen molar-refractivity contribution in [2.24, 2.45) is 0 Å². The Morgan fingerprint density at radius 2 is 2.08 bits per heavy atom. The number of rotatable bonds is 3. The van der Waals surface area contributed by atoms with Gasteiger partial charge in [-0.05, 0) is 32.4 Å². The van der Waals surface area contributed by atoms with Gasteiger partial charge in [0.05, 0.1) is 0 Å². The fourth-order valence-corrected chi connectivity index (χ4v) is 1.31. The van der Waals surface area contributed by atoms with Gasteiger partial charge in [-0.3, -0.25) is 0 Å². The molecule has 0 aliphatic carbocycles. The van der Waals surface area contributed by atoms with Gasteiger partial charge in [-0.2, -0.15) is 0 Å². The van der Waals surface area contributed by atoms with Crippen molar-refractivity contribution in [2.75, 3.05) is 5.33 Å². The number of hydrogen-bond acceptors (Lipinski definition) is 1. The molecule has 1 unspecified atom stereocenters. The maximum Gasteiger partial charge on any atom is 0.122 e. The molecule has 0 saturated carbocycles. The summed E-state index contributed by atoms with van der Waals surface area (Å²) in [5, 5.41) is 0.861. The van der Waals surface area contributed by atoms with E-state index in [0.717, 1.165) is 11.1 Å². The van der Waals surface area contributed by atoms with Crippen molar-refractivity contribution in [3.63, 3.8) is 0 Å². The van der Waals surface area contributed by atoms with E-state index in [1.54, 1.807) is 0 Å². The Morgan fingerprint density at radius 1 is 1.38 bits per heavy atom. The van der Waals surface area contributed by atoms with Crippen molar-refractivity contribution >= 4 is 15.9 Å². The van der Waals surface area contributed by atoms with E-state index in [4.69, 9.17) is 4.74 Å². The molecule has 2 heteroatoms. The monoisotopic (exact) mass is 242 g/mol. The van der Waals surface area contributed by atoms with Gasteiger partial charge >= 0.3 is 0 Å². The highest BCUT2D eigenvalue weighted by Gasteiger charge is 2.04. The van der Waals surface area contributed by atoms with Crippen LogP contribution in [0.3, 0.4) is 0 Å². The van der Waals surface area contributed by atoms with Gasteiger partial charge in [0.15, 0.2) is 0 Å². The van der Waals surface area contributed by atoms with Gasteiger partial charge in [0.2, 0.25) is 0 Å². The molecule has 0 aliphatic rings. The first-order valence-corrected chi connectivity index (χ1v) is 5.55. The van der Waals surface area contributed by atoms with E-state index < -0.39 is 0 Å². The zero-order chi connectivity index (χ0) is 9.84. The summed E-state index contributed by atoms with van der Waals surface area (Å²) < 4.78 is 5.70. The lowest BCUT2D eigenvalue weighted by Crippen LogP contribution is -2.13. The molecule has 0 aliphatic heterocycles. The maximum absolute atomic E-state index is 5.70. The van der Waals surface area contributed by atoms with Crippen molar-refractivity contribution in [3.05, 3.63) is 29.3 Å². The van der Waals surface area contributed by atoms with Crippen LogP contribution in [0.5, 0.6) is 5.75 Å². The van der Waals surface area contributed by atoms with E-state index in [1.807, 2.05) is 13.0 Å². The number of ether oxygens (including phenoxy) is 1. The summed E-state index contributed by atoms with van der Waals surface area (Å²) in [4.78, 5) is 0. The third-order valence-electron chi connectivity index (χ3n) is 1.88. The van der Waals surface area contributed by atoms with Crippen molar-refractivity contribution in [1.29, 1.82) is 0 Å². The van der Waals surface area contributed by atoms with E-state index >= 15 is 0 Å². The molecule has 0 spiro atoms. The molecule has 0 radical (unpaired) electrons. The molecule has 0 fully saturated rings. The molecule has 1 rings (SSSR count). The van der Waals surface area contributed by atoms with Gasteiger partial charge < -0.3 is 4.74 Å². The Hall–Kier alpha value is -0.500. The highest BCUT2D eigenvalue weighted by Crippen LogP contribution is 2.20. The second-order valence-electron chi connectivity index (χ2n) is 3.35. The number of aryl methyl sites for hydroxylation is 2. The molecule has 0 N–H and O–H groups in total. The van der Waals surface area contributed by atoms with Crippen LogP contribution < -0.4 is 4.74 Å². The number of hydrogen-bond donors (Lipinski definition) is 0. The highest BCUT2D eigenvalue weighted by atomic mass is 79.9. The van der Waals surface area contributed by atoms with Gasteiger partial charge in [0.1, 0.15) is 11.9 Å². The lowest BCUT2D eigenvalue weighted by Gasteiger charge is -2.14. The molecule has 0 heterocycles. The first-order valence-electron chi connectivity index (χ1n) is 4.43. The van der Waals surface area contributed by atoms with Crippen LogP contribution >= 0.6 is 15.9 Å². The maximum atomic E-state index is 5.70. The molecule has 0 bridgehead atoms. The molecule has 0 aromatic heterocycles. The van der Waals surface area contributed by atoms with Crippen molar-refractivity contribution in [1.82, 2.24) is 0 Å². The third-order valence-corrected chi connectivity index (χ3v) is 2.79. The minimum atomic E-state index is 0.224. The molecule has 72 valence electrons. The van der Waals surface area contributed by atoms with Gasteiger partial charge in [0.25, 0.3) is 0 Å². The van der Waals surface area contributed by atoms with Crippen LogP contribution in [0.25, 0.3) is 0 Å². The predicted octanol–water partition coefficient (Wildman–Crippen LogP) is 3.47. The quantitative estimate of drug-likeness (QED) is 0.738. The Balaban J connectivity index is 2.77. The largest absolute Gasteiger partial charge is 0.490 e. The Morgan fingerprint density at radius 3 is 2.62 bits per heavy atom. The van der Waals surface area contributed by atoms with E-state index in [0.29, 0.717) is 0 Å². The van der Waals surface area contributed by atoms with E-state index in [9.17, 15) is 0 Å². The summed E-state index contributed by atoms with van der Waals surface area (Å²) in [6.07, 6.45) is 0.224. The molecule has 1 atom stereocenters. The SMILES string of the molecule is Cc1ccc(OC(C)CBr)c(C)c1. The van der Waals surface area contributed by atoms with Crippen LogP contribution in [0.1, 0.15) is 18.1 Å². The molecule has 0 amide bonds. The Labute approximate surface area is 88.2 Å². The zero-order valence-corrected chi connectivity index (χ0v) is 9.89. The smallest absolute Gasteiger partial charge is 0.122 e. The summed E-state index contributed by atoms with van der Waals surface area (Å²) in [5.74, 6) is 0.984. The first kappa shape index (κ1) is 10.6. The third kappa shape index (κ3) is 3.03. The standard InChI is InChI=1S/C11H15BrO/c1-8-4-5-11(9(2)6-8)13-10(3)7-12/h4-6,10H,7H2,1-3H3. The van der Waals surface area contributed by atoms with Gasteiger partial charge in [-0.25, -0.2) is 0 Å². The minimum absolute atomic E-state index is 0.224. The summed E-state index contributed by atoms with van der Waals surface area (Å²) in [7, 11) is 0. The molecular weight excluding hydrogens is 228 g/mol. The van der Waals surface area contributed by atoms with E-state index in [2.05, 4.69) is 41.9 Å². The van der Waals surface area contributed by atoms with E-state index in [-0.39, 0.29) is 6.10 Å². The van der Waals surface area contributed by atoms with Crippen LogP contribution in [0, 0.1) is 13.8 Å². The van der Waals surface area contributed by atoms with Crippen LogP contribution in [0.15, 0.2) is 18.2 Å². The normalized spacial score (nSPS) is 12.6. The summed E-state index contributed by atoms with van der Waals surface area (Å²) >= 11 is 3.39. The minimum Gasteiger partial charge on any atom is -0.490 e. The average Bonchev–Trinajstić information content (AvgIpc) is 2.09. The van der Waals surface area contributed by atoms with E-state index in [1.165, 1.54) is 11.1 Å². The second kappa shape index (κ2) is 4.66. The average molecular weight is 243 g/mol. The zero-order valence-electron chi connectivity index (χ0n) is 8.30. The Kier molecular flexibility index (Phi) is 3.79. The van der Waals surface area contributed by atoms with Crippen LogP contribution in [0.4, 0.5) is 0 Å². The molecule has 13 heavy (non-hydrogen) atoms. The molecular formula is C11H15BrO. The second-order valence-corrected chi connectivity index (χ2v) is 4.00. The molecule has 0 saturated heterocycles. The van der Waals surface area contributed by atoms with Gasteiger partial charge in [-0.1, -0.05) is 33.6 Å². The number of alkyl halides is 1. The van der Waals surface area contributed by atoms with Gasteiger partial charge in [0, 0.05) is 5.33 Å². The topological polar surface area (TPSA) is 9.23 Å². The van der Waals surface area contributed by atoms with Crippen LogP contribution in [-0.2, 0) is 0 Å². The first-order chi connectivity index (χ1) is 6.13. The van der Waals surface area contributed by atoms with Crippen molar-refractivity contribution in [2.45, 2.75) is 26.9 Å². The predicted molar refractivity (Wildman–Crippen MR) is 59.8 cm³/mol. The summed E-state index contributed by atoms with van der Waals surface area (Å²) in [5.41, 5.74) is 2.48. The molecule has 1 nitrogen and oxygen atoms in total. The Bertz CT molecular complexity index is 283. The van der Waals surface area contributed by atoms with Crippen LogP contribution in [-0.4, -0.2) is 11.4 Å². The van der Waals surface area contributed by atoms with Gasteiger partial charge in [-0.15, -0.1) is 0 Å².